The number of ether oxygens (including phenoxy) is 2. The lowest BCUT2D eigenvalue weighted by molar-refractivity contribution is 0.0600. The summed E-state index contributed by atoms with van der Waals surface area (Å²) in [4.78, 5) is 16.3. The minimum atomic E-state index is -0.317. The molecule has 2 aromatic carbocycles. The Morgan fingerprint density at radius 1 is 1.18 bits per heavy atom. The van der Waals surface area contributed by atoms with Crippen LogP contribution in [0.5, 0.6) is 5.75 Å². The van der Waals surface area contributed by atoms with Crippen LogP contribution in [0.3, 0.4) is 0 Å². The topological polar surface area (TPSA) is 65.8 Å². The molecular weight excluding hydrogens is 354 g/mol. The summed E-state index contributed by atoms with van der Waals surface area (Å²) in [6.07, 6.45) is 0. The molecule has 0 N–H and O–H groups in total. The van der Waals surface area contributed by atoms with E-state index in [9.17, 15) is 4.79 Å². The molecular formula is C22H25N3O3. The second kappa shape index (κ2) is 9.25. The highest BCUT2D eigenvalue weighted by atomic mass is 16.5. The Labute approximate surface area is 165 Å². The standard InChI is InChI=1S/C22H25N3O3/c1-17-16-25(20-9-7-18(8-10-20)22(26)27-2)12-11-24(17)13-14-28-21-6-4-3-5-19(21)15-23/h3-10,17H,11-14,16H2,1-2H3. The third kappa shape index (κ3) is 4.62. The summed E-state index contributed by atoms with van der Waals surface area (Å²) in [5, 5.41) is 9.14. The van der Waals surface area contributed by atoms with Crippen molar-refractivity contribution in [2.24, 2.45) is 0 Å². The zero-order chi connectivity index (χ0) is 19.9. The quantitative estimate of drug-likeness (QED) is 0.719. The molecule has 1 aliphatic heterocycles. The number of hydrogen-bond donors (Lipinski definition) is 0. The molecule has 2 aromatic rings. The largest absolute Gasteiger partial charge is 0.491 e. The van der Waals surface area contributed by atoms with Crippen molar-refractivity contribution in [2.75, 3.05) is 44.8 Å². The molecule has 1 unspecified atom stereocenters. The first-order chi connectivity index (χ1) is 13.6. The molecule has 1 saturated heterocycles. The highest BCUT2D eigenvalue weighted by molar-refractivity contribution is 5.89. The molecule has 6 nitrogen and oxygen atoms in total. The summed E-state index contributed by atoms with van der Waals surface area (Å²) >= 11 is 0. The van der Waals surface area contributed by atoms with Crippen molar-refractivity contribution in [3.05, 3.63) is 59.7 Å². The van der Waals surface area contributed by atoms with Gasteiger partial charge in [0.15, 0.2) is 0 Å². The van der Waals surface area contributed by atoms with Gasteiger partial charge in [-0.25, -0.2) is 4.79 Å². The Morgan fingerprint density at radius 3 is 2.61 bits per heavy atom. The average molecular weight is 379 g/mol. The molecule has 0 aromatic heterocycles. The SMILES string of the molecule is COC(=O)c1ccc(N2CCN(CCOc3ccccc3C#N)C(C)C2)cc1. The second-order valence-corrected chi connectivity index (χ2v) is 6.83. The molecule has 0 spiro atoms. The number of rotatable bonds is 6. The fourth-order valence-corrected chi connectivity index (χ4v) is 3.45. The fraction of sp³-hybridized carbons (Fsp3) is 0.364. The fourth-order valence-electron chi connectivity index (χ4n) is 3.45. The van der Waals surface area contributed by atoms with Crippen LogP contribution in [0, 0.1) is 11.3 Å². The van der Waals surface area contributed by atoms with Gasteiger partial charge in [-0.1, -0.05) is 12.1 Å². The maximum absolute atomic E-state index is 11.6. The number of carbonyl (C=O) groups is 1. The van der Waals surface area contributed by atoms with E-state index in [1.54, 1.807) is 18.2 Å². The second-order valence-electron chi connectivity index (χ2n) is 6.83. The van der Waals surface area contributed by atoms with E-state index < -0.39 is 0 Å². The van der Waals surface area contributed by atoms with E-state index in [4.69, 9.17) is 14.7 Å². The summed E-state index contributed by atoms with van der Waals surface area (Å²) in [6, 6.07) is 17.4. The lowest BCUT2D eigenvalue weighted by Gasteiger charge is -2.41. The molecule has 1 aliphatic rings. The highest BCUT2D eigenvalue weighted by Gasteiger charge is 2.24. The Kier molecular flexibility index (Phi) is 6.51. The van der Waals surface area contributed by atoms with E-state index in [0.717, 1.165) is 31.9 Å². The maximum atomic E-state index is 11.6. The average Bonchev–Trinajstić information content (AvgIpc) is 2.74. The van der Waals surface area contributed by atoms with E-state index in [1.807, 2.05) is 30.3 Å². The molecule has 0 saturated carbocycles. The minimum absolute atomic E-state index is 0.317. The highest BCUT2D eigenvalue weighted by Crippen LogP contribution is 2.21. The number of nitrogens with zero attached hydrogens (tertiary/aromatic N) is 3. The number of benzene rings is 2. The van der Waals surface area contributed by atoms with Crippen molar-refractivity contribution in [1.82, 2.24) is 4.90 Å². The van der Waals surface area contributed by atoms with E-state index >= 15 is 0 Å². The van der Waals surface area contributed by atoms with E-state index in [-0.39, 0.29) is 5.97 Å². The van der Waals surface area contributed by atoms with Gasteiger partial charge in [0, 0.05) is 37.9 Å². The van der Waals surface area contributed by atoms with E-state index in [0.29, 0.717) is 29.5 Å². The van der Waals surface area contributed by atoms with Gasteiger partial charge in [0.05, 0.1) is 18.2 Å². The Bertz CT molecular complexity index is 845. The van der Waals surface area contributed by atoms with Crippen molar-refractivity contribution in [1.29, 1.82) is 5.26 Å². The summed E-state index contributed by atoms with van der Waals surface area (Å²) in [7, 11) is 1.39. The van der Waals surface area contributed by atoms with Crippen molar-refractivity contribution in [3.63, 3.8) is 0 Å². The van der Waals surface area contributed by atoms with Gasteiger partial charge in [0.2, 0.25) is 0 Å². The first-order valence-corrected chi connectivity index (χ1v) is 9.41. The first kappa shape index (κ1) is 19.7. The number of anilines is 1. The van der Waals surface area contributed by atoms with Gasteiger partial charge in [0.25, 0.3) is 0 Å². The monoisotopic (exact) mass is 379 g/mol. The van der Waals surface area contributed by atoms with Crippen molar-refractivity contribution >= 4 is 11.7 Å². The van der Waals surface area contributed by atoms with Crippen LogP contribution in [0.4, 0.5) is 5.69 Å². The summed E-state index contributed by atoms with van der Waals surface area (Å²) in [5.41, 5.74) is 2.24. The van der Waals surface area contributed by atoms with Crippen molar-refractivity contribution < 1.29 is 14.3 Å². The maximum Gasteiger partial charge on any atom is 0.337 e. The van der Waals surface area contributed by atoms with Gasteiger partial charge in [0.1, 0.15) is 18.4 Å². The van der Waals surface area contributed by atoms with Crippen LogP contribution in [0.1, 0.15) is 22.8 Å². The van der Waals surface area contributed by atoms with Crippen LogP contribution in [0.2, 0.25) is 0 Å². The molecule has 0 amide bonds. The number of hydrogen-bond acceptors (Lipinski definition) is 6. The van der Waals surface area contributed by atoms with Crippen molar-refractivity contribution in [2.45, 2.75) is 13.0 Å². The van der Waals surface area contributed by atoms with E-state index in [1.165, 1.54) is 7.11 Å². The Balaban J connectivity index is 1.51. The first-order valence-electron chi connectivity index (χ1n) is 9.41. The van der Waals surface area contributed by atoms with Gasteiger partial charge < -0.3 is 14.4 Å². The molecule has 0 aliphatic carbocycles. The summed E-state index contributed by atoms with van der Waals surface area (Å²) < 4.78 is 10.6. The van der Waals surface area contributed by atoms with Crippen LogP contribution in [-0.2, 0) is 4.74 Å². The van der Waals surface area contributed by atoms with Crippen LogP contribution >= 0.6 is 0 Å². The third-order valence-electron chi connectivity index (χ3n) is 5.06. The summed E-state index contributed by atoms with van der Waals surface area (Å²) in [5.74, 6) is 0.324. The van der Waals surface area contributed by atoms with Crippen LogP contribution in [0.15, 0.2) is 48.5 Å². The Morgan fingerprint density at radius 2 is 1.93 bits per heavy atom. The molecule has 146 valence electrons. The number of nitriles is 1. The number of esters is 1. The van der Waals surface area contributed by atoms with Crippen LogP contribution < -0.4 is 9.64 Å². The van der Waals surface area contributed by atoms with Gasteiger partial charge in [-0.05, 0) is 43.3 Å². The van der Waals surface area contributed by atoms with Crippen LogP contribution in [0.25, 0.3) is 0 Å². The zero-order valence-electron chi connectivity index (χ0n) is 16.3. The molecule has 1 heterocycles. The molecule has 28 heavy (non-hydrogen) atoms. The molecule has 0 radical (unpaired) electrons. The predicted octanol–water partition coefficient (Wildman–Crippen LogP) is 2.93. The molecule has 1 atom stereocenters. The number of piperazine rings is 1. The Hall–Kier alpha value is -3.04. The third-order valence-corrected chi connectivity index (χ3v) is 5.06. The van der Waals surface area contributed by atoms with Gasteiger partial charge in [-0.2, -0.15) is 5.26 Å². The lowest BCUT2D eigenvalue weighted by atomic mass is 10.1. The lowest BCUT2D eigenvalue weighted by Crippen LogP contribution is -2.52. The number of carbonyl (C=O) groups excluding carboxylic acids is 1. The molecule has 1 fully saturated rings. The van der Waals surface area contributed by atoms with Crippen LogP contribution in [-0.4, -0.2) is 56.8 Å². The minimum Gasteiger partial charge on any atom is -0.491 e. The van der Waals surface area contributed by atoms with Gasteiger partial charge in [-0.15, -0.1) is 0 Å². The number of methoxy groups -OCH3 is 1. The summed E-state index contributed by atoms with van der Waals surface area (Å²) in [6.45, 7) is 6.33. The van der Waals surface area contributed by atoms with Crippen molar-refractivity contribution in [3.8, 4) is 11.8 Å². The van der Waals surface area contributed by atoms with Gasteiger partial charge >= 0.3 is 5.97 Å². The predicted molar refractivity (Wildman–Crippen MR) is 108 cm³/mol. The molecule has 0 bridgehead atoms. The number of para-hydroxylation sites is 1. The van der Waals surface area contributed by atoms with E-state index in [2.05, 4.69) is 22.8 Å². The van der Waals surface area contributed by atoms with Gasteiger partial charge in [-0.3, -0.25) is 4.90 Å². The smallest absolute Gasteiger partial charge is 0.337 e. The molecule has 6 heteroatoms. The molecule has 3 rings (SSSR count). The normalized spacial score (nSPS) is 17.0. The zero-order valence-corrected chi connectivity index (χ0v) is 16.3.